The third-order valence-corrected chi connectivity index (χ3v) is 4.21. The van der Waals surface area contributed by atoms with E-state index in [2.05, 4.69) is 10.3 Å². The van der Waals surface area contributed by atoms with Crippen LogP contribution in [0.3, 0.4) is 0 Å². The Morgan fingerprint density at radius 2 is 1.65 bits per heavy atom. The number of benzene rings is 2. The van der Waals surface area contributed by atoms with Gasteiger partial charge in [0, 0.05) is 28.7 Å². The Hall–Kier alpha value is -3.81. The number of nitrogens with zero attached hydrogens (tertiary/aromatic N) is 1. The molecule has 1 aliphatic heterocycles. The van der Waals surface area contributed by atoms with Gasteiger partial charge in [-0.05, 0) is 18.2 Å². The van der Waals surface area contributed by atoms with Crippen molar-refractivity contribution in [2.75, 3.05) is 0 Å². The number of carbonyl (C=O) groups excluding carboxylic acids is 2. The van der Waals surface area contributed by atoms with Crippen LogP contribution in [0.1, 0.15) is 11.1 Å². The van der Waals surface area contributed by atoms with Gasteiger partial charge in [-0.2, -0.15) is 0 Å². The molecule has 2 aromatic carbocycles. The lowest BCUT2D eigenvalue weighted by Crippen LogP contribution is -2.22. The van der Waals surface area contributed by atoms with Gasteiger partial charge < -0.3 is 4.98 Å². The Morgan fingerprint density at radius 3 is 2.38 bits per heavy atom. The topological polar surface area (TPSA) is 105 Å². The van der Waals surface area contributed by atoms with E-state index < -0.39 is 28.2 Å². The SMILES string of the molecule is O=C1NC(=O)C(c2c[nH]c3ccccc23)=C1c1cc(F)ccc1[N+](=O)[O-]. The molecule has 2 N–H and O–H groups in total. The zero-order chi connectivity index (χ0) is 18.4. The summed E-state index contributed by atoms with van der Waals surface area (Å²) < 4.78 is 13.7. The van der Waals surface area contributed by atoms with Crippen LogP contribution in [0.4, 0.5) is 10.1 Å². The van der Waals surface area contributed by atoms with Gasteiger partial charge in [0.1, 0.15) is 5.82 Å². The summed E-state index contributed by atoms with van der Waals surface area (Å²) in [7, 11) is 0. The second-order valence-corrected chi connectivity index (χ2v) is 5.70. The number of nitro benzene ring substituents is 1. The normalized spacial score (nSPS) is 14.2. The molecule has 1 aromatic heterocycles. The Morgan fingerprint density at radius 1 is 0.962 bits per heavy atom. The zero-order valence-corrected chi connectivity index (χ0v) is 13.1. The van der Waals surface area contributed by atoms with Crippen LogP contribution in [0.5, 0.6) is 0 Å². The average Bonchev–Trinajstić information content (AvgIpc) is 3.14. The molecular weight excluding hydrogens is 341 g/mol. The molecule has 0 bridgehead atoms. The quantitative estimate of drug-likeness (QED) is 0.430. The fourth-order valence-electron chi connectivity index (χ4n) is 3.12. The highest BCUT2D eigenvalue weighted by Gasteiger charge is 2.36. The number of para-hydroxylation sites is 1. The largest absolute Gasteiger partial charge is 0.361 e. The van der Waals surface area contributed by atoms with Crippen LogP contribution in [0.25, 0.3) is 22.0 Å². The van der Waals surface area contributed by atoms with E-state index in [9.17, 15) is 24.1 Å². The van der Waals surface area contributed by atoms with Crippen molar-refractivity contribution in [2.45, 2.75) is 0 Å². The molecule has 0 unspecified atom stereocenters. The van der Waals surface area contributed by atoms with E-state index in [0.29, 0.717) is 10.9 Å². The number of hydrogen-bond donors (Lipinski definition) is 2. The van der Waals surface area contributed by atoms with Crippen molar-refractivity contribution >= 4 is 39.6 Å². The van der Waals surface area contributed by atoms with E-state index in [1.807, 2.05) is 0 Å². The molecule has 3 aromatic rings. The lowest BCUT2D eigenvalue weighted by atomic mass is 9.95. The first-order valence-corrected chi connectivity index (χ1v) is 7.58. The van der Waals surface area contributed by atoms with Crippen LogP contribution in [0.2, 0.25) is 0 Å². The highest BCUT2D eigenvalue weighted by Crippen LogP contribution is 2.38. The molecule has 0 saturated heterocycles. The molecule has 0 aliphatic carbocycles. The molecule has 1 aliphatic rings. The van der Waals surface area contributed by atoms with Gasteiger partial charge in [-0.3, -0.25) is 25.0 Å². The predicted molar refractivity (Wildman–Crippen MR) is 91.3 cm³/mol. The number of aromatic nitrogens is 1. The van der Waals surface area contributed by atoms with E-state index in [1.165, 1.54) is 0 Å². The fraction of sp³-hybridized carbons (Fsp3) is 0. The van der Waals surface area contributed by atoms with Crippen LogP contribution in [-0.4, -0.2) is 21.7 Å². The number of H-pyrrole nitrogens is 1. The standard InChI is InChI=1S/C18H10FN3O4/c19-9-5-6-14(22(25)26)11(7-9)15-16(18(24)21-17(15)23)12-8-20-13-4-2-1-3-10(12)13/h1-8,20H,(H,21,23,24). The molecule has 0 atom stereocenters. The molecule has 0 spiro atoms. The monoisotopic (exact) mass is 351 g/mol. The second kappa shape index (κ2) is 5.62. The molecule has 7 nitrogen and oxygen atoms in total. The molecule has 128 valence electrons. The molecule has 26 heavy (non-hydrogen) atoms. The highest BCUT2D eigenvalue weighted by atomic mass is 19.1. The number of nitrogens with one attached hydrogen (secondary N) is 2. The van der Waals surface area contributed by atoms with Crippen molar-refractivity contribution < 1.29 is 18.9 Å². The van der Waals surface area contributed by atoms with Crippen LogP contribution < -0.4 is 5.32 Å². The number of amides is 2. The van der Waals surface area contributed by atoms with Gasteiger partial charge in [-0.25, -0.2) is 4.39 Å². The molecule has 8 heteroatoms. The van der Waals surface area contributed by atoms with Gasteiger partial charge in [0.15, 0.2) is 0 Å². The number of halogens is 1. The first kappa shape index (κ1) is 15.7. The van der Waals surface area contributed by atoms with Crippen molar-refractivity contribution in [2.24, 2.45) is 0 Å². The van der Waals surface area contributed by atoms with Crippen molar-refractivity contribution in [3.05, 3.63) is 75.7 Å². The maximum absolute atomic E-state index is 13.7. The number of aromatic amines is 1. The summed E-state index contributed by atoms with van der Waals surface area (Å²) in [5, 5.41) is 14.1. The van der Waals surface area contributed by atoms with E-state index in [-0.39, 0.29) is 16.7 Å². The van der Waals surface area contributed by atoms with Crippen molar-refractivity contribution in [1.82, 2.24) is 10.3 Å². The zero-order valence-electron chi connectivity index (χ0n) is 13.1. The maximum Gasteiger partial charge on any atom is 0.277 e. The summed E-state index contributed by atoms with van der Waals surface area (Å²) in [5.74, 6) is -2.24. The molecule has 0 radical (unpaired) electrons. The summed E-state index contributed by atoms with van der Waals surface area (Å²) in [6, 6.07) is 9.90. The van der Waals surface area contributed by atoms with Crippen LogP contribution >= 0.6 is 0 Å². The fourth-order valence-corrected chi connectivity index (χ4v) is 3.12. The second-order valence-electron chi connectivity index (χ2n) is 5.70. The average molecular weight is 351 g/mol. The number of imide groups is 1. The number of carbonyl (C=O) groups is 2. The predicted octanol–water partition coefficient (Wildman–Crippen LogP) is 2.78. The van der Waals surface area contributed by atoms with Crippen LogP contribution in [-0.2, 0) is 9.59 Å². The number of hydrogen-bond acceptors (Lipinski definition) is 4. The third-order valence-electron chi connectivity index (χ3n) is 4.21. The van der Waals surface area contributed by atoms with Crippen LogP contribution in [0, 0.1) is 15.9 Å². The van der Waals surface area contributed by atoms with E-state index in [0.717, 1.165) is 23.7 Å². The van der Waals surface area contributed by atoms with Crippen molar-refractivity contribution in [3.8, 4) is 0 Å². The van der Waals surface area contributed by atoms with Crippen molar-refractivity contribution in [3.63, 3.8) is 0 Å². The minimum absolute atomic E-state index is 0.0267. The Balaban J connectivity index is 2.07. The summed E-state index contributed by atoms with van der Waals surface area (Å²) in [5.41, 5.74) is 0.210. The molecule has 2 amide bonds. The number of nitro groups is 1. The summed E-state index contributed by atoms with van der Waals surface area (Å²) >= 11 is 0. The Bertz CT molecular complexity index is 1150. The Labute approximate surface area is 145 Å². The molecular formula is C18H10FN3O4. The highest BCUT2D eigenvalue weighted by molar-refractivity contribution is 6.50. The maximum atomic E-state index is 13.7. The third kappa shape index (κ3) is 2.27. The van der Waals surface area contributed by atoms with E-state index >= 15 is 0 Å². The summed E-state index contributed by atoms with van der Waals surface area (Å²) in [6.07, 6.45) is 1.54. The number of rotatable bonds is 3. The minimum atomic E-state index is -0.802. The van der Waals surface area contributed by atoms with Gasteiger partial charge in [0.25, 0.3) is 17.5 Å². The van der Waals surface area contributed by atoms with Crippen LogP contribution in [0.15, 0.2) is 48.7 Å². The number of fused-ring (bicyclic) bond motifs is 1. The molecule has 0 fully saturated rings. The molecule has 4 rings (SSSR count). The molecule has 0 saturated carbocycles. The first-order valence-electron chi connectivity index (χ1n) is 7.58. The van der Waals surface area contributed by atoms with Gasteiger partial charge >= 0.3 is 0 Å². The van der Waals surface area contributed by atoms with Gasteiger partial charge in [-0.1, -0.05) is 18.2 Å². The first-order chi connectivity index (χ1) is 12.5. The lowest BCUT2D eigenvalue weighted by Gasteiger charge is -2.05. The summed E-state index contributed by atoms with van der Waals surface area (Å²) in [6.45, 7) is 0. The molecule has 2 heterocycles. The van der Waals surface area contributed by atoms with Gasteiger partial charge in [0.2, 0.25) is 0 Å². The lowest BCUT2D eigenvalue weighted by molar-refractivity contribution is -0.385. The van der Waals surface area contributed by atoms with Gasteiger partial charge in [0.05, 0.1) is 21.6 Å². The summed E-state index contributed by atoms with van der Waals surface area (Å²) in [4.78, 5) is 38.4. The van der Waals surface area contributed by atoms with E-state index in [4.69, 9.17) is 0 Å². The van der Waals surface area contributed by atoms with Gasteiger partial charge in [-0.15, -0.1) is 0 Å². The smallest absolute Gasteiger partial charge is 0.277 e. The van der Waals surface area contributed by atoms with E-state index in [1.54, 1.807) is 30.5 Å². The Kier molecular flexibility index (Phi) is 3.40. The van der Waals surface area contributed by atoms with Crippen molar-refractivity contribution in [1.29, 1.82) is 0 Å². The minimum Gasteiger partial charge on any atom is -0.361 e.